The molecule has 1 aliphatic carbocycles. The molecule has 2 fully saturated rings. The third-order valence-corrected chi connectivity index (χ3v) is 5.57. The van der Waals surface area contributed by atoms with Crippen LogP contribution < -0.4 is 5.32 Å². The summed E-state index contributed by atoms with van der Waals surface area (Å²) in [6.07, 6.45) is 8.47. The second-order valence-corrected chi connectivity index (χ2v) is 7.22. The molecule has 3 rings (SSSR count). The van der Waals surface area contributed by atoms with Crippen LogP contribution in [0.25, 0.3) is 0 Å². The predicted molar refractivity (Wildman–Crippen MR) is 89.7 cm³/mol. The average molecular weight is 286 g/mol. The summed E-state index contributed by atoms with van der Waals surface area (Å²) in [6, 6.07) is 11.1. The van der Waals surface area contributed by atoms with Crippen molar-refractivity contribution in [2.75, 3.05) is 33.2 Å². The summed E-state index contributed by atoms with van der Waals surface area (Å²) in [6.45, 7) is 5.04. The topological polar surface area (TPSA) is 15.3 Å². The van der Waals surface area contributed by atoms with Gasteiger partial charge in [-0.05, 0) is 49.8 Å². The van der Waals surface area contributed by atoms with E-state index in [2.05, 4.69) is 47.6 Å². The Bertz CT molecular complexity index is 417. The quantitative estimate of drug-likeness (QED) is 0.889. The van der Waals surface area contributed by atoms with Gasteiger partial charge in [-0.3, -0.25) is 0 Å². The number of hydrogen-bond donors (Lipinski definition) is 1. The Morgan fingerprint density at radius 2 is 1.90 bits per heavy atom. The van der Waals surface area contributed by atoms with Gasteiger partial charge >= 0.3 is 0 Å². The molecule has 2 nitrogen and oxygen atoms in total. The summed E-state index contributed by atoms with van der Waals surface area (Å²) in [5.41, 5.74) is 2.07. The van der Waals surface area contributed by atoms with Crippen LogP contribution in [0, 0.1) is 5.41 Å². The molecule has 1 saturated carbocycles. The lowest BCUT2D eigenvalue weighted by Crippen LogP contribution is -2.44. The molecule has 2 heteroatoms. The highest BCUT2D eigenvalue weighted by molar-refractivity contribution is 5.21. The van der Waals surface area contributed by atoms with Crippen LogP contribution in [0.3, 0.4) is 0 Å². The Balaban J connectivity index is 1.60. The van der Waals surface area contributed by atoms with E-state index in [-0.39, 0.29) is 0 Å². The lowest BCUT2D eigenvalue weighted by molar-refractivity contribution is 0.118. The second kappa shape index (κ2) is 6.93. The maximum atomic E-state index is 3.47. The van der Waals surface area contributed by atoms with Crippen molar-refractivity contribution in [3.05, 3.63) is 35.9 Å². The van der Waals surface area contributed by atoms with E-state index in [9.17, 15) is 0 Å². The van der Waals surface area contributed by atoms with Gasteiger partial charge in [0.25, 0.3) is 0 Å². The minimum atomic E-state index is 0.540. The zero-order valence-electron chi connectivity index (χ0n) is 13.5. The normalized spacial score (nSPS) is 26.0. The molecule has 1 aromatic carbocycles. The summed E-state index contributed by atoms with van der Waals surface area (Å²) >= 11 is 0. The number of rotatable bonds is 5. The Kier molecular flexibility index (Phi) is 4.97. The van der Waals surface area contributed by atoms with Crippen molar-refractivity contribution in [2.24, 2.45) is 5.41 Å². The van der Waals surface area contributed by atoms with Crippen LogP contribution in [-0.4, -0.2) is 38.1 Å². The zero-order valence-corrected chi connectivity index (χ0v) is 13.5. The van der Waals surface area contributed by atoms with E-state index in [0.29, 0.717) is 5.41 Å². The molecule has 1 aromatic rings. The van der Waals surface area contributed by atoms with E-state index >= 15 is 0 Å². The molecule has 2 aliphatic rings. The molecule has 0 radical (unpaired) electrons. The third-order valence-electron chi connectivity index (χ3n) is 5.57. The molecule has 1 atom stereocenters. The maximum Gasteiger partial charge on any atom is 0.00510 e. The van der Waals surface area contributed by atoms with Gasteiger partial charge in [-0.1, -0.05) is 49.6 Å². The lowest BCUT2D eigenvalue weighted by Gasteiger charge is -2.40. The average Bonchev–Trinajstić information content (AvgIpc) is 2.97. The SMILES string of the molecule is CNCC1(CN2CCC(c3ccccc3)C2)CCCCC1. The molecule has 1 unspecified atom stereocenters. The van der Waals surface area contributed by atoms with Gasteiger partial charge in [0.05, 0.1) is 0 Å². The molecule has 1 heterocycles. The molecule has 1 saturated heterocycles. The van der Waals surface area contributed by atoms with Crippen LogP contribution in [0.15, 0.2) is 30.3 Å². The van der Waals surface area contributed by atoms with Gasteiger partial charge in [-0.15, -0.1) is 0 Å². The van der Waals surface area contributed by atoms with Gasteiger partial charge < -0.3 is 10.2 Å². The van der Waals surface area contributed by atoms with Gasteiger partial charge in [0.2, 0.25) is 0 Å². The molecule has 1 N–H and O–H groups in total. The Morgan fingerprint density at radius 3 is 2.62 bits per heavy atom. The van der Waals surface area contributed by atoms with Crippen molar-refractivity contribution in [1.29, 1.82) is 0 Å². The fraction of sp³-hybridized carbons (Fsp3) is 0.684. The van der Waals surface area contributed by atoms with Crippen LogP contribution >= 0.6 is 0 Å². The largest absolute Gasteiger partial charge is 0.319 e. The first kappa shape index (κ1) is 15.1. The number of benzene rings is 1. The highest BCUT2D eigenvalue weighted by atomic mass is 15.2. The van der Waals surface area contributed by atoms with Crippen molar-refractivity contribution in [3.63, 3.8) is 0 Å². The summed E-state index contributed by atoms with van der Waals surface area (Å²) in [5.74, 6) is 0.751. The summed E-state index contributed by atoms with van der Waals surface area (Å²) < 4.78 is 0. The van der Waals surface area contributed by atoms with Crippen molar-refractivity contribution >= 4 is 0 Å². The Labute approximate surface area is 129 Å². The van der Waals surface area contributed by atoms with Gasteiger partial charge in [0, 0.05) is 19.6 Å². The van der Waals surface area contributed by atoms with E-state index in [1.54, 1.807) is 0 Å². The molecule has 116 valence electrons. The standard InChI is InChI=1S/C19H30N2/c1-20-15-19(11-6-3-7-12-19)16-21-13-10-18(14-21)17-8-4-2-5-9-17/h2,4-5,8-9,18,20H,3,6-7,10-16H2,1H3. The zero-order chi connectivity index (χ0) is 14.5. The van der Waals surface area contributed by atoms with Crippen molar-refractivity contribution in [2.45, 2.75) is 44.4 Å². The molecule has 0 amide bonds. The molecule has 0 aromatic heterocycles. The fourth-order valence-electron chi connectivity index (χ4n) is 4.52. The first-order chi connectivity index (χ1) is 10.3. The van der Waals surface area contributed by atoms with Crippen molar-refractivity contribution in [1.82, 2.24) is 10.2 Å². The van der Waals surface area contributed by atoms with E-state index in [0.717, 1.165) is 5.92 Å². The molecule has 0 spiro atoms. The van der Waals surface area contributed by atoms with Crippen LogP contribution in [0.4, 0.5) is 0 Å². The minimum absolute atomic E-state index is 0.540. The van der Waals surface area contributed by atoms with Gasteiger partial charge in [-0.2, -0.15) is 0 Å². The molecule has 21 heavy (non-hydrogen) atoms. The fourth-order valence-corrected chi connectivity index (χ4v) is 4.52. The van der Waals surface area contributed by atoms with Crippen molar-refractivity contribution < 1.29 is 0 Å². The second-order valence-electron chi connectivity index (χ2n) is 7.22. The summed E-state index contributed by atoms with van der Waals surface area (Å²) in [4.78, 5) is 2.74. The Hall–Kier alpha value is -0.860. The van der Waals surface area contributed by atoms with Crippen LogP contribution in [0.5, 0.6) is 0 Å². The molecule has 1 aliphatic heterocycles. The lowest BCUT2D eigenvalue weighted by atomic mass is 9.73. The van der Waals surface area contributed by atoms with Crippen LogP contribution in [-0.2, 0) is 0 Å². The van der Waals surface area contributed by atoms with E-state index in [1.165, 1.54) is 70.3 Å². The highest BCUT2D eigenvalue weighted by Gasteiger charge is 2.35. The Morgan fingerprint density at radius 1 is 1.14 bits per heavy atom. The number of nitrogens with one attached hydrogen (secondary N) is 1. The highest BCUT2D eigenvalue weighted by Crippen LogP contribution is 2.38. The third kappa shape index (κ3) is 3.67. The molecule has 0 bridgehead atoms. The van der Waals surface area contributed by atoms with Gasteiger partial charge in [0.15, 0.2) is 0 Å². The van der Waals surface area contributed by atoms with Crippen LogP contribution in [0.1, 0.15) is 50.0 Å². The van der Waals surface area contributed by atoms with E-state index < -0.39 is 0 Å². The van der Waals surface area contributed by atoms with E-state index in [1.807, 2.05) is 0 Å². The summed E-state index contributed by atoms with van der Waals surface area (Å²) in [5, 5.41) is 3.47. The number of nitrogens with zero attached hydrogens (tertiary/aromatic N) is 1. The number of likely N-dealkylation sites (tertiary alicyclic amines) is 1. The van der Waals surface area contributed by atoms with Crippen LogP contribution in [0.2, 0.25) is 0 Å². The molecular weight excluding hydrogens is 256 g/mol. The van der Waals surface area contributed by atoms with E-state index in [4.69, 9.17) is 0 Å². The monoisotopic (exact) mass is 286 g/mol. The van der Waals surface area contributed by atoms with Gasteiger partial charge in [-0.25, -0.2) is 0 Å². The first-order valence-corrected chi connectivity index (χ1v) is 8.73. The van der Waals surface area contributed by atoms with Gasteiger partial charge in [0.1, 0.15) is 0 Å². The van der Waals surface area contributed by atoms with Crippen molar-refractivity contribution in [3.8, 4) is 0 Å². The molecular formula is C19H30N2. The predicted octanol–water partition coefficient (Wildman–Crippen LogP) is 3.65. The smallest absolute Gasteiger partial charge is 0.00510 e. The first-order valence-electron chi connectivity index (χ1n) is 8.73. The number of hydrogen-bond acceptors (Lipinski definition) is 2. The maximum absolute atomic E-state index is 3.47. The summed E-state index contributed by atoms with van der Waals surface area (Å²) in [7, 11) is 2.12. The minimum Gasteiger partial charge on any atom is -0.319 e.